The zero-order valence-corrected chi connectivity index (χ0v) is 20.5. The van der Waals surface area contributed by atoms with Crippen molar-refractivity contribution in [3.63, 3.8) is 0 Å². The molecule has 1 saturated heterocycles. The molecule has 6 rings (SSSR count). The second-order valence-corrected chi connectivity index (χ2v) is 13.0. The van der Waals surface area contributed by atoms with Crippen LogP contribution in [0.4, 0.5) is 0 Å². The van der Waals surface area contributed by atoms with E-state index in [0.717, 1.165) is 31.3 Å². The van der Waals surface area contributed by atoms with E-state index in [2.05, 4.69) is 67.1 Å². The van der Waals surface area contributed by atoms with Crippen LogP contribution in [0.1, 0.15) is 57.9 Å². The van der Waals surface area contributed by atoms with E-state index in [1.165, 1.54) is 42.8 Å². The van der Waals surface area contributed by atoms with E-state index in [-0.39, 0.29) is 5.41 Å². The second-order valence-electron chi connectivity index (χ2n) is 11.8. The Bertz CT molecular complexity index is 789. The highest BCUT2D eigenvalue weighted by Gasteiger charge is 2.62. The normalized spacial score (nSPS) is 41.8. The fraction of sp³-hybridized carbons (Fsp3) is 0.731. The highest BCUT2D eigenvalue weighted by atomic mass is 32.2. The first-order valence-corrected chi connectivity index (χ1v) is 13.7. The lowest BCUT2D eigenvalue weighted by atomic mass is 9.40. The summed E-state index contributed by atoms with van der Waals surface area (Å²) in [5.41, 5.74) is 9.09. The van der Waals surface area contributed by atoms with Gasteiger partial charge in [0.15, 0.2) is 0 Å². The van der Waals surface area contributed by atoms with Crippen molar-refractivity contribution in [1.29, 1.82) is 0 Å². The Morgan fingerprint density at radius 3 is 2.40 bits per heavy atom. The summed E-state index contributed by atoms with van der Waals surface area (Å²) < 4.78 is 0. The average molecular weight is 443 g/mol. The molecule has 4 bridgehead atoms. The van der Waals surface area contributed by atoms with E-state index >= 15 is 0 Å². The molecule has 4 saturated carbocycles. The van der Waals surface area contributed by atoms with Crippen molar-refractivity contribution in [2.24, 2.45) is 34.3 Å². The number of thiocarbonyl (C=S) groups is 1. The number of benzene rings is 1. The molecule has 2 nitrogen and oxygen atoms in total. The third-order valence-corrected chi connectivity index (χ3v) is 10.6. The number of piperidine rings is 1. The number of nitrogens with zero attached hydrogens (tertiary/aromatic N) is 1. The molecule has 164 valence electrons. The quantitative estimate of drug-likeness (QED) is 0.624. The van der Waals surface area contributed by atoms with Crippen molar-refractivity contribution in [2.75, 3.05) is 25.1 Å². The molecule has 0 amide bonds. The first-order valence-electron chi connectivity index (χ1n) is 11.9. The Labute approximate surface area is 192 Å². The molecule has 1 heterocycles. The molecule has 30 heavy (non-hydrogen) atoms. The highest BCUT2D eigenvalue weighted by molar-refractivity contribution is 7.98. The summed E-state index contributed by atoms with van der Waals surface area (Å²) >= 11 is 8.34. The van der Waals surface area contributed by atoms with E-state index in [9.17, 15) is 0 Å². The SMILES string of the molecule is CSCC12CC3CC(c4ccccc4)(CC(C1)C3C(=S)N1CC[C@H](N)C(C)(C)C1)C2. The summed E-state index contributed by atoms with van der Waals surface area (Å²) in [4.78, 5) is 3.84. The monoisotopic (exact) mass is 442 g/mol. The minimum absolute atomic E-state index is 0.152. The second kappa shape index (κ2) is 7.49. The highest BCUT2D eigenvalue weighted by Crippen LogP contribution is 2.68. The lowest BCUT2D eigenvalue weighted by molar-refractivity contribution is -0.0826. The molecule has 1 aromatic rings. The molecule has 0 aromatic heterocycles. The van der Waals surface area contributed by atoms with Crippen LogP contribution in [-0.2, 0) is 5.41 Å². The van der Waals surface area contributed by atoms with Gasteiger partial charge in [-0.25, -0.2) is 0 Å². The van der Waals surface area contributed by atoms with E-state index in [1.54, 1.807) is 5.56 Å². The van der Waals surface area contributed by atoms with Crippen LogP contribution >= 0.6 is 24.0 Å². The Morgan fingerprint density at radius 2 is 1.80 bits per heavy atom. The van der Waals surface area contributed by atoms with Crippen LogP contribution in [0.5, 0.6) is 0 Å². The van der Waals surface area contributed by atoms with Gasteiger partial charge >= 0.3 is 0 Å². The van der Waals surface area contributed by atoms with Crippen LogP contribution in [0.15, 0.2) is 30.3 Å². The third-order valence-electron chi connectivity index (χ3n) is 9.17. The fourth-order valence-electron chi connectivity index (χ4n) is 8.11. The summed E-state index contributed by atoms with van der Waals surface area (Å²) in [5, 5.41) is 0. The van der Waals surface area contributed by atoms with Gasteiger partial charge in [-0.1, -0.05) is 56.4 Å². The zero-order chi connectivity index (χ0) is 21.1. The maximum Gasteiger partial charge on any atom is 0.0816 e. The van der Waals surface area contributed by atoms with E-state index in [0.29, 0.717) is 22.8 Å². The van der Waals surface area contributed by atoms with Gasteiger partial charge in [0.05, 0.1) is 4.99 Å². The minimum Gasteiger partial charge on any atom is -0.365 e. The van der Waals surface area contributed by atoms with Gasteiger partial charge in [-0.05, 0) is 84.2 Å². The number of nitrogens with two attached hydrogens (primary N) is 1. The van der Waals surface area contributed by atoms with Crippen molar-refractivity contribution in [3.05, 3.63) is 35.9 Å². The molecular weight excluding hydrogens is 404 g/mol. The minimum atomic E-state index is 0.152. The van der Waals surface area contributed by atoms with Gasteiger partial charge < -0.3 is 10.6 Å². The molecule has 3 atom stereocenters. The van der Waals surface area contributed by atoms with Gasteiger partial charge in [-0.15, -0.1) is 0 Å². The molecule has 1 aliphatic heterocycles. The molecular formula is C26H38N2S2. The van der Waals surface area contributed by atoms with Gasteiger partial charge in [-0.2, -0.15) is 11.8 Å². The maximum absolute atomic E-state index is 6.43. The van der Waals surface area contributed by atoms with Crippen molar-refractivity contribution in [1.82, 2.24) is 4.90 Å². The van der Waals surface area contributed by atoms with Gasteiger partial charge in [0.1, 0.15) is 0 Å². The van der Waals surface area contributed by atoms with Crippen LogP contribution in [0, 0.1) is 28.6 Å². The van der Waals surface area contributed by atoms with Crippen molar-refractivity contribution in [3.8, 4) is 0 Å². The number of hydrogen-bond donors (Lipinski definition) is 1. The number of thioether (sulfide) groups is 1. The van der Waals surface area contributed by atoms with Crippen LogP contribution in [0.2, 0.25) is 0 Å². The Morgan fingerprint density at radius 1 is 1.13 bits per heavy atom. The first kappa shape index (κ1) is 21.3. The van der Waals surface area contributed by atoms with Crippen LogP contribution in [0.25, 0.3) is 0 Å². The van der Waals surface area contributed by atoms with Crippen molar-refractivity contribution < 1.29 is 0 Å². The van der Waals surface area contributed by atoms with Gasteiger partial charge in [-0.3, -0.25) is 0 Å². The molecule has 5 fully saturated rings. The molecule has 0 spiro atoms. The van der Waals surface area contributed by atoms with Gasteiger partial charge in [0.25, 0.3) is 0 Å². The number of likely N-dealkylation sites (tertiary alicyclic amines) is 1. The molecule has 0 radical (unpaired) electrons. The van der Waals surface area contributed by atoms with Crippen LogP contribution < -0.4 is 5.73 Å². The molecule has 5 aliphatic rings. The lowest BCUT2D eigenvalue weighted by Crippen LogP contribution is -2.62. The summed E-state index contributed by atoms with van der Waals surface area (Å²) in [5.74, 6) is 3.44. The Kier molecular flexibility index (Phi) is 5.31. The molecule has 2 unspecified atom stereocenters. The van der Waals surface area contributed by atoms with Gasteiger partial charge in [0, 0.05) is 25.0 Å². The Hall–Kier alpha value is -0.580. The topological polar surface area (TPSA) is 29.3 Å². The summed E-state index contributed by atoms with van der Waals surface area (Å²) in [6.45, 7) is 6.73. The van der Waals surface area contributed by atoms with Crippen LogP contribution in [0.3, 0.4) is 0 Å². The fourth-order valence-corrected chi connectivity index (χ4v) is 9.60. The maximum atomic E-state index is 6.43. The molecule has 4 heteroatoms. The van der Waals surface area contributed by atoms with Crippen LogP contribution in [-0.4, -0.2) is 41.0 Å². The summed E-state index contributed by atoms with van der Waals surface area (Å²) in [6.07, 6.45) is 10.2. The van der Waals surface area contributed by atoms with E-state index in [1.807, 2.05) is 0 Å². The van der Waals surface area contributed by atoms with Gasteiger partial charge in [0.2, 0.25) is 0 Å². The average Bonchev–Trinajstić information content (AvgIpc) is 2.70. The molecule has 1 aromatic carbocycles. The first-order chi connectivity index (χ1) is 14.3. The van der Waals surface area contributed by atoms with Crippen molar-refractivity contribution in [2.45, 2.75) is 63.8 Å². The predicted octanol–water partition coefficient (Wildman–Crippen LogP) is 5.50. The zero-order valence-electron chi connectivity index (χ0n) is 18.9. The van der Waals surface area contributed by atoms with Crippen molar-refractivity contribution >= 4 is 29.0 Å². The smallest absolute Gasteiger partial charge is 0.0816 e. The largest absolute Gasteiger partial charge is 0.365 e. The molecule has 4 aliphatic carbocycles. The number of hydrogen-bond acceptors (Lipinski definition) is 3. The Balaban J connectivity index is 1.44. The van der Waals surface area contributed by atoms with E-state index < -0.39 is 0 Å². The summed E-state index contributed by atoms with van der Waals surface area (Å²) in [7, 11) is 0. The predicted molar refractivity (Wildman–Crippen MR) is 133 cm³/mol. The lowest BCUT2D eigenvalue weighted by Gasteiger charge is -2.66. The third kappa shape index (κ3) is 3.36. The standard InChI is InChI=1S/C26H38N2S2/c1-24(2)16-28(10-9-21(24)27)23(29)22-18-11-25(17-30-3)12-19(22)14-26(13-18,15-25)20-7-5-4-6-8-20/h4-8,18-19,21-22H,9-17,27H2,1-3H3/t18?,19?,21-,22?,25?,26?/m0/s1. The summed E-state index contributed by atoms with van der Waals surface area (Å²) in [6, 6.07) is 11.8. The number of rotatable bonds is 4. The molecule has 2 N–H and O–H groups in total. The van der Waals surface area contributed by atoms with E-state index in [4.69, 9.17) is 18.0 Å².